The Morgan fingerprint density at radius 3 is 2.48 bits per heavy atom. The van der Waals surface area contributed by atoms with Crippen molar-refractivity contribution in [3.05, 3.63) is 72.2 Å². The largest absolute Gasteiger partial charge is 0.335 e. The van der Waals surface area contributed by atoms with E-state index in [9.17, 15) is 4.79 Å². The van der Waals surface area contributed by atoms with Crippen molar-refractivity contribution in [1.29, 1.82) is 0 Å². The minimum absolute atomic E-state index is 0.0225. The van der Waals surface area contributed by atoms with Gasteiger partial charge in [0, 0.05) is 50.5 Å². The lowest BCUT2D eigenvalue weighted by molar-refractivity contribution is 0.0623. The maximum atomic E-state index is 12.7. The van der Waals surface area contributed by atoms with Crippen molar-refractivity contribution in [2.75, 3.05) is 26.2 Å². The molecule has 0 N–H and O–H groups in total. The molecule has 0 spiro atoms. The predicted octanol–water partition coefficient (Wildman–Crippen LogP) is 2.59. The summed E-state index contributed by atoms with van der Waals surface area (Å²) < 4.78 is 0. The third-order valence-electron chi connectivity index (χ3n) is 4.63. The van der Waals surface area contributed by atoms with Crippen LogP contribution in [0.3, 0.4) is 0 Å². The van der Waals surface area contributed by atoms with Gasteiger partial charge in [0.1, 0.15) is 5.69 Å². The lowest BCUT2D eigenvalue weighted by atomic mass is 10.2. The van der Waals surface area contributed by atoms with Gasteiger partial charge in [-0.3, -0.25) is 14.7 Å². The highest BCUT2D eigenvalue weighted by molar-refractivity contribution is 5.95. The van der Waals surface area contributed by atoms with Crippen LogP contribution >= 0.6 is 0 Å². The van der Waals surface area contributed by atoms with Gasteiger partial charge in [-0.05, 0) is 29.8 Å². The van der Waals surface area contributed by atoms with E-state index >= 15 is 0 Å². The Bertz CT molecular complexity index is 873. The second-order valence-corrected chi connectivity index (χ2v) is 6.31. The van der Waals surface area contributed by atoms with Crippen molar-refractivity contribution >= 4 is 16.8 Å². The Morgan fingerprint density at radius 2 is 1.68 bits per heavy atom. The number of fused-ring (bicyclic) bond motifs is 1. The summed E-state index contributed by atoms with van der Waals surface area (Å²) in [7, 11) is 0. The molecule has 2 aromatic heterocycles. The average molecular weight is 332 g/mol. The molecule has 5 nitrogen and oxygen atoms in total. The SMILES string of the molecule is O=C(c1ccc2ccccc2n1)N1CCN(Cc2ccncc2)CC1. The first-order valence-corrected chi connectivity index (χ1v) is 8.56. The molecule has 0 unspecified atom stereocenters. The molecule has 0 bridgehead atoms. The number of para-hydroxylation sites is 1. The summed E-state index contributed by atoms with van der Waals surface area (Å²) >= 11 is 0. The zero-order valence-electron chi connectivity index (χ0n) is 14.0. The Balaban J connectivity index is 1.40. The van der Waals surface area contributed by atoms with Crippen LogP contribution in [0.25, 0.3) is 10.9 Å². The molecule has 25 heavy (non-hydrogen) atoms. The Hall–Kier alpha value is -2.79. The summed E-state index contributed by atoms with van der Waals surface area (Å²) in [6, 6.07) is 15.7. The molecule has 0 saturated carbocycles. The fraction of sp³-hybridized carbons (Fsp3) is 0.250. The van der Waals surface area contributed by atoms with E-state index < -0.39 is 0 Å². The van der Waals surface area contributed by atoms with Crippen molar-refractivity contribution in [3.63, 3.8) is 0 Å². The van der Waals surface area contributed by atoms with E-state index in [2.05, 4.69) is 14.9 Å². The van der Waals surface area contributed by atoms with Crippen molar-refractivity contribution in [2.24, 2.45) is 0 Å². The maximum Gasteiger partial charge on any atom is 0.272 e. The summed E-state index contributed by atoms with van der Waals surface area (Å²) in [4.78, 5) is 25.6. The third kappa shape index (κ3) is 3.51. The predicted molar refractivity (Wildman–Crippen MR) is 97.2 cm³/mol. The molecule has 126 valence electrons. The summed E-state index contributed by atoms with van der Waals surface area (Å²) in [5, 5.41) is 1.06. The number of carbonyl (C=O) groups is 1. The van der Waals surface area contributed by atoms with E-state index in [0.29, 0.717) is 5.69 Å². The molecule has 1 amide bonds. The first-order valence-electron chi connectivity index (χ1n) is 8.56. The number of hydrogen-bond donors (Lipinski definition) is 0. The van der Waals surface area contributed by atoms with Crippen LogP contribution in [0.5, 0.6) is 0 Å². The molecule has 5 heteroatoms. The van der Waals surface area contributed by atoms with E-state index in [-0.39, 0.29) is 5.91 Å². The van der Waals surface area contributed by atoms with Crippen LogP contribution in [0.1, 0.15) is 16.1 Å². The van der Waals surface area contributed by atoms with Gasteiger partial charge in [-0.2, -0.15) is 0 Å². The molecular formula is C20H20N4O. The Kier molecular flexibility index (Phi) is 4.39. The third-order valence-corrected chi connectivity index (χ3v) is 4.63. The van der Waals surface area contributed by atoms with Gasteiger partial charge in [0.25, 0.3) is 5.91 Å². The molecular weight excluding hydrogens is 312 g/mol. The number of piperazine rings is 1. The summed E-state index contributed by atoms with van der Waals surface area (Å²) in [5.41, 5.74) is 2.65. The smallest absolute Gasteiger partial charge is 0.272 e. The van der Waals surface area contributed by atoms with Gasteiger partial charge in [-0.1, -0.05) is 24.3 Å². The molecule has 1 aliphatic heterocycles. The number of benzene rings is 1. The van der Waals surface area contributed by atoms with E-state index in [1.807, 2.05) is 65.8 Å². The first-order chi connectivity index (χ1) is 12.3. The fourth-order valence-electron chi connectivity index (χ4n) is 3.20. The molecule has 3 heterocycles. The lowest BCUT2D eigenvalue weighted by Gasteiger charge is -2.34. The van der Waals surface area contributed by atoms with Gasteiger partial charge in [0.05, 0.1) is 5.52 Å². The van der Waals surface area contributed by atoms with Crippen LogP contribution < -0.4 is 0 Å². The second kappa shape index (κ2) is 6.99. The van der Waals surface area contributed by atoms with E-state index in [0.717, 1.165) is 43.6 Å². The summed E-state index contributed by atoms with van der Waals surface area (Å²) in [6.07, 6.45) is 3.64. The van der Waals surface area contributed by atoms with Gasteiger partial charge >= 0.3 is 0 Å². The molecule has 4 rings (SSSR count). The van der Waals surface area contributed by atoms with Gasteiger partial charge in [0.15, 0.2) is 0 Å². The molecule has 1 aromatic carbocycles. The van der Waals surface area contributed by atoms with Gasteiger partial charge < -0.3 is 4.90 Å². The van der Waals surface area contributed by atoms with Crippen LogP contribution in [-0.2, 0) is 6.54 Å². The zero-order chi connectivity index (χ0) is 17.1. The Morgan fingerprint density at radius 1 is 0.920 bits per heavy atom. The molecule has 0 radical (unpaired) electrons. The normalized spacial score (nSPS) is 15.4. The number of rotatable bonds is 3. The number of amides is 1. The quantitative estimate of drug-likeness (QED) is 0.740. The number of aromatic nitrogens is 2. The minimum Gasteiger partial charge on any atom is -0.335 e. The van der Waals surface area contributed by atoms with Gasteiger partial charge in [0.2, 0.25) is 0 Å². The molecule has 3 aromatic rings. The second-order valence-electron chi connectivity index (χ2n) is 6.31. The Labute approximate surface area is 146 Å². The molecule has 1 aliphatic rings. The number of hydrogen-bond acceptors (Lipinski definition) is 4. The number of pyridine rings is 2. The molecule has 0 aliphatic carbocycles. The van der Waals surface area contributed by atoms with Crippen molar-refractivity contribution in [3.8, 4) is 0 Å². The minimum atomic E-state index is 0.0225. The highest BCUT2D eigenvalue weighted by Gasteiger charge is 2.23. The molecule has 1 saturated heterocycles. The summed E-state index contributed by atoms with van der Waals surface area (Å²) in [6.45, 7) is 4.12. The van der Waals surface area contributed by atoms with E-state index in [1.165, 1.54) is 5.56 Å². The van der Waals surface area contributed by atoms with E-state index in [4.69, 9.17) is 0 Å². The maximum absolute atomic E-state index is 12.7. The van der Waals surface area contributed by atoms with E-state index in [1.54, 1.807) is 0 Å². The van der Waals surface area contributed by atoms with Crippen molar-refractivity contribution < 1.29 is 4.79 Å². The monoisotopic (exact) mass is 332 g/mol. The highest BCUT2D eigenvalue weighted by Crippen LogP contribution is 2.15. The van der Waals surface area contributed by atoms with Crippen LogP contribution in [0.4, 0.5) is 0 Å². The number of nitrogens with zero attached hydrogens (tertiary/aromatic N) is 4. The fourth-order valence-corrected chi connectivity index (χ4v) is 3.20. The average Bonchev–Trinajstić information content (AvgIpc) is 2.68. The number of carbonyl (C=O) groups excluding carboxylic acids is 1. The zero-order valence-corrected chi connectivity index (χ0v) is 14.0. The highest BCUT2D eigenvalue weighted by atomic mass is 16.2. The standard InChI is InChI=1S/C20H20N4O/c25-20(19-6-5-17-3-1-2-4-18(17)22-19)24-13-11-23(12-14-24)15-16-7-9-21-10-8-16/h1-10H,11-15H2. The van der Waals surface area contributed by atoms with Crippen LogP contribution in [0.15, 0.2) is 60.9 Å². The van der Waals surface area contributed by atoms with Crippen LogP contribution in [0, 0.1) is 0 Å². The first kappa shape index (κ1) is 15.7. The van der Waals surface area contributed by atoms with Crippen molar-refractivity contribution in [2.45, 2.75) is 6.54 Å². The van der Waals surface area contributed by atoms with Gasteiger partial charge in [-0.25, -0.2) is 4.98 Å². The molecule has 1 fully saturated rings. The molecule has 0 atom stereocenters. The van der Waals surface area contributed by atoms with Crippen LogP contribution in [0.2, 0.25) is 0 Å². The van der Waals surface area contributed by atoms with Crippen LogP contribution in [-0.4, -0.2) is 51.9 Å². The lowest BCUT2D eigenvalue weighted by Crippen LogP contribution is -2.48. The van der Waals surface area contributed by atoms with Gasteiger partial charge in [-0.15, -0.1) is 0 Å². The van der Waals surface area contributed by atoms with Crippen molar-refractivity contribution in [1.82, 2.24) is 19.8 Å². The summed E-state index contributed by atoms with van der Waals surface area (Å²) in [5.74, 6) is 0.0225. The topological polar surface area (TPSA) is 49.3 Å².